The molecule has 2 rings (SSSR count). The lowest BCUT2D eigenvalue weighted by atomic mass is 10.1. The number of rotatable bonds is 4. The van der Waals surface area contributed by atoms with Crippen molar-refractivity contribution in [3.63, 3.8) is 0 Å². The van der Waals surface area contributed by atoms with Gasteiger partial charge in [-0.05, 0) is 24.1 Å². The first kappa shape index (κ1) is 11.6. The molecule has 1 aromatic carbocycles. The summed E-state index contributed by atoms with van der Waals surface area (Å²) in [7, 11) is 0. The molecule has 0 amide bonds. The average molecular weight is 274 g/mol. The number of hydrogen-bond donors (Lipinski definition) is 1. The van der Waals surface area contributed by atoms with E-state index in [9.17, 15) is 0 Å². The Morgan fingerprint density at radius 3 is 2.88 bits per heavy atom. The zero-order valence-electron chi connectivity index (χ0n) is 8.28. The minimum absolute atomic E-state index is 0.658. The van der Waals surface area contributed by atoms with Crippen molar-refractivity contribution in [2.45, 2.75) is 6.42 Å². The first-order valence-electron chi connectivity index (χ1n) is 4.70. The Morgan fingerprint density at radius 1 is 1.31 bits per heavy atom. The number of hydrogen-bond acceptors (Lipinski definition) is 4. The smallest absolute Gasteiger partial charge is 0.202 e. The van der Waals surface area contributed by atoms with Crippen molar-refractivity contribution < 1.29 is 0 Å². The highest BCUT2D eigenvalue weighted by Gasteiger charge is 2.01. The second-order valence-corrected chi connectivity index (χ2v) is 4.78. The van der Waals surface area contributed by atoms with Crippen molar-refractivity contribution in [1.82, 2.24) is 9.36 Å². The molecule has 0 aliphatic heterocycles. The molecule has 0 saturated carbocycles. The molecule has 0 bridgehead atoms. The maximum atomic E-state index is 6.05. The van der Waals surface area contributed by atoms with Gasteiger partial charge in [-0.1, -0.05) is 29.3 Å². The highest BCUT2D eigenvalue weighted by molar-refractivity contribution is 7.09. The number of benzene rings is 1. The van der Waals surface area contributed by atoms with E-state index in [1.54, 1.807) is 6.07 Å². The Balaban J connectivity index is 1.90. The van der Waals surface area contributed by atoms with Crippen LogP contribution in [0.2, 0.25) is 10.0 Å². The van der Waals surface area contributed by atoms with Gasteiger partial charge in [0.2, 0.25) is 5.13 Å². The molecule has 2 aromatic rings. The SMILES string of the molecule is Clc1ccc(CCNc2ncns2)c(Cl)c1. The van der Waals surface area contributed by atoms with Gasteiger partial charge in [0, 0.05) is 28.1 Å². The molecule has 0 radical (unpaired) electrons. The van der Waals surface area contributed by atoms with Crippen molar-refractivity contribution in [3.8, 4) is 0 Å². The molecule has 0 atom stereocenters. The molecular weight excluding hydrogens is 265 g/mol. The Kier molecular flexibility index (Phi) is 3.98. The lowest BCUT2D eigenvalue weighted by Gasteiger charge is -2.05. The average Bonchev–Trinajstić information content (AvgIpc) is 2.74. The van der Waals surface area contributed by atoms with Crippen LogP contribution in [0.5, 0.6) is 0 Å². The summed E-state index contributed by atoms with van der Waals surface area (Å²) in [4.78, 5) is 4.03. The van der Waals surface area contributed by atoms with Crippen molar-refractivity contribution >= 4 is 39.9 Å². The number of nitrogens with zero attached hydrogens (tertiary/aromatic N) is 2. The van der Waals surface area contributed by atoms with Gasteiger partial charge >= 0.3 is 0 Å². The van der Waals surface area contributed by atoms with Crippen LogP contribution >= 0.6 is 34.7 Å². The summed E-state index contributed by atoms with van der Waals surface area (Å²) in [5.74, 6) is 0. The Bertz CT molecular complexity index is 459. The minimum Gasteiger partial charge on any atom is -0.360 e. The third kappa shape index (κ3) is 3.07. The maximum Gasteiger partial charge on any atom is 0.202 e. The summed E-state index contributed by atoms with van der Waals surface area (Å²) >= 11 is 13.2. The van der Waals surface area contributed by atoms with Crippen LogP contribution in [0, 0.1) is 0 Å². The topological polar surface area (TPSA) is 37.8 Å². The molecule has 6 heteroatoms. The van der Waals surface area contributed by atoms with Gasteiger partial charge in [-0.15, -0.1) is 0 Å². The van der Waals surface area contributed by atoms with Crippen molar-refractivity contribution in [2.75, 3.05) is 11.9 Å². The van der Waals surface area contributed by atoms with E-state index in [2.05, 4.69) is 14.7 Å². The van der Waals surface area contributed by atoms with E-state index in [0.717, 1.165) is 23.7 Å². The first-order chi connectivity index (χ1) is 7.75. The zero-order chi connectivity index (χ0) is 11.4. The van der Waals surface area contributed by atoms with Gasteiger partial charge in [0.25, 0.3) is 0 Å². The van der Waals surface area contributed by atoms with Gasteiger partial charge in [0.1, 0.15) is 6.33 Å². The fourth-order valence-electron chi connectivity index (χ4n) is 1.28. The first-order valence-corrected chi connectivity index (χ1v) is 6.23. The highest BCUT2D eigenvalue weighted by atomic mass is 35.5. The second kappa shape index (κ2) is 5.48. The normalized spacial score (nSPS) is 10.4. The standard InChI is InChI=1S/C10H9Cl2N3S/c11-8-2-1-7(9(12)5-8)3-4-13-10-14-6-15-16-10/h1-2,5-6H,3-4H2,(H,13,14,15). The predicted molar refractivity (Wildman–Crippen MR) is 68.6 cm³/mol. The summed E-state index contributed by atoms with van der Waals surface area (Å²) in [6, 6.07) is 5.53. The minimum atomic E-state index is 0.658. The van der Waals surface area contributed by atoms with Crippen molar-refractivity contribution in [1.29, 1.82) is 0 Å². The quantitative estimate of drug-likeness (QED) is 0.927. The van der Waals surface area contributed by atoms with Crippen LogP contribution in [-0.4, -0.2) is 15.9 Å². The molecule has 0 aliphatic carbocycles. The molecule has 0 fully saturated rings. The molecule has 16 heavy (non-hydrogen) atoms. The van der Waals surface area contributed by atoms with Crippen LogP contribution in [0.15, 0.2) is 24.5 Å². The highest BCUT2D eigenvalue weighted by Crippen LogP contribution is 2.21. The van der Waals surface area contributed by atoms with Gasteiger partial charge in [0.15, 0.2) is 0 Å². The van der Waals surface area contributed by atoms with Gasteiger partial charge in [-0.2, -0.15) is 4.37 Å². The zero-order valence-corrected chi connectivity index (χ0v) is 10.6. The summed E-state index contributed by atoms with van der Waals surface area (Å²) < 4.78 is 3.90. The van der Waals surface area contributed by atoms with Crippen LogP contribution in [0.4, 0.5) is 5.13 Å². The molecule has 1 heterocycles. The fourth-order valence-corrected chi connectivity index (χ4v) is 2.24. The molecule has 84 valence electrons. The molecule has 0 saturated heterocycles. The number of anilines is 1. The van der Waals surface area contributed by atoms with Crippen LogP contribution in [-0.2, 0) is 6.42 Å². The fraction of sp³-hybridized carbons (Fsp3) is 0.200. The van der Waals surface area contributed by atoms with Crippen LogP contribution in [0.1, 0.15) is 5.56 Å². The molecule has 3 nitrogen and oxygen atoms in total. The Labute approximate surface area is 108 Å². The Hall–Kier alpha value is -0.840. The number of nitrogens with one attached hydrogen (secondary N) is 1. The van der Waals surface area contributed by atoms with Gasteiger partial charge < -0.3 is 5.32 Å². The van der Waals surface area contributed by atoms with Gasteiger partial charge in [-0.3, -0.25) is 0 Å². The summed E-state index contributed by atoms with van der Waals surface area (Å²) in [6.45, 7) is 0.774. The van der Waals surface area contributed by atoms with Crippen LogP contribution in [0.3, 0.4) is 0 Å². The third-order valence-corrected chi connectivity index (χ3v) is 3.26. The second-order valence-electron chi connectivity index (χ2n) is 3.16. The summed E-state index contributed by atoms with van der Waals surface area (Å²) in [6.07, 6.45) is 2.36. The van der Waals surface area contributed by atoms with E-state index in [1.165, 1.54) is 17.9 Å². The summed E-state index contributed by atoms with van der Waals surface area (Å²) in [5, 5.41) is 5.35. The lowest BCUT2D eigenvalue weighted by molar-refractivity contribution is 1.01. The largest absolute Gasteiger partial charge is 0.360 e. The van der Waals surface area contributed by atoms with Gasteiger partial charge in [-0.25, -0.2) is 4.98 Å². The molecule has 0 unspecified atom stereocenters. The monoisotopic (exact) mass is 273 g/mol. The third-order valence-electron chi connectivity index (χ3n) is 2.05. The van der Waals surface area contributed by atoms with E-state index in [-0.39, 0.29) is 0 Å². The van der Waals surface area contributed by atoms with Gasteiger partial charge in [0.05, 0.1) is 0 Å². The number of halogens is 2. The van der Waals surface area contributed by atoms with Crippen LogP contribution in [0.25, 0.3) is 0 Å². The van der Waals surface area contributed by atoms with Crippen LogP contribution < -0.4 is 5.32 Å². The number of aromatic nitrogens is 2. The summed E-state index contributed by atoms with van der Waals surface area (Å²) in [5.41, 5.74) is 1.07. The van der Waals surface area contributed by atoms with E-state index in [0.29, 0.717) is 10.0 Å². The molecule has 0 aliphatic rings. The van der Waals surface area contributed by atoms with E-state index in [4.69, 9.17) is 23.2 Å². The van der Waals surface area contributed by atoms with E-state index in [1.807, 2.05) is 12.1 Å². The van der Waals surface area contributed by atoms with E-state index < -0.39 is 0 Å². The Morgan fingerprint density at radius 2 is 2.19 bits per heavy atom. The maximum absolute atomic E-state index is 6.05. The van der Waals surface area contributed by atoms with Crippen molar-refractivity contribution in [2.24, 2.45) is 0 Å². The molecular formula is C10H9Cl2N3S. The van der Waals surface area contributed by atoms with Crippen molar-refractivity contribution in [3.05, 3.63) is 40.1 Å². The molecule has 1 N–H and O–H groups in total. The molecule has 1 aromatic heterocycles. The van der Waals surface area contributed by atoms with E-state index >= 15 is 0 Å². The molecule has 0 spiro atoms. The lowest BCUT2D eigenvalue weighted by Crippen LogP contribution is -2.04. The predicted octanol–water partition coefficient (Wildman–Crippen LogP) is 3.50.